The summed E-state index contributed by atoms with van der Waals surface area (Å²) in [6.45, 7) is 3.25. The summed E-state index contributed by atoms with van der Waals surface area (Å²) in [7, 11) is 0. The predicted molar refractivity (Wildman–Crippen MR) is 66.6 cm³/mol. The molecule has 0 aliphatic heterocycles. The number of ketones is 1. The minimum absolute atomic E-state index is 0.135. The number of thioether (sulfide) groups is 1. The number of halogens is 3. The van der Waals surface area contributed by atoms with E-state index in [-0.39, 0.29) is 17.1 Å². The molecule has 102 valence electrons. The van der Waals surface area contributed by atoms with Crippen LogP contribution in [0.15, 0.2) is 23.4 Å². The van der Waals surface area contributed by atoms with Gasteiger partial charge in [0, 0.05) is 13.1 Å². The Balaban J connectivity index is 2.66. The van der Waals surface area contributed by atoms with Gasteiger partial charge in [0.15, 0.2) is 5.78 Å². The van der Waals surface area contributed by atoms with Crippen molar-refractivity contribution in [1.29, 1.82) is 0 Å². The van der Waals surface area contributed by atoms with Gasteiger partial charge in [-0.3, -0.25) is 9.20 Å². The van der Waals surface area contributed by atoms with Crippen LogP contribution in [0.2, 0.25) is 0 Å². The van der Waals surface area contributed by atoms with Crippen LogP contribution in [0.25, 0.3) is 5.65 Å². The molecule has 0 aliphatic carbocycles. The molecule has 0 atom stereocenters. The molecule has 0 N–H and O–H groups in total. The van der Waals surface area contributed by atoms with Gasteiger partial charge in [-0.05, 0) is 17.9 Å². The van der Waals surface area contributed by atoms with Crippen molar-refractivity contribution in [3.8, 4) is 0 Å². The molecule has 0 saturated carbocycles. The van der Waals surface area contributed by atoms with Gasteiger partial charge in [0.2, 0.25) is 0 Å². The van der Waals surface area contributed by atoms with Crippen molar-refractivity contribution in [2.75, 3.05) is 5.75 Å². The van der Waals surface area contributed by atoms with Crippen LogP contribution >= 0.6 is 11.8 Å². The zero-order valence-electron chi connectivity index (χ0n) is 10.3. The summed E-state index contributed by atoms with van der Waals surface area (Å²) in [6.07, 6.45) is -3.11. The summed E-state index contributed by atoms with van der Waals surface area (Å²) < 4.78 is 39.4. The topological polar surface area (TPSA) is 34.4 Å². The lowest BCUT2D eigenvalue weighted by molar-refractivity contribution is -0.137. The maximum Gasteiger partial charge on any atom is 0.416 e. The zero-order valence-corrected chi connectivity index (χ0v) is 11.1. The number of aromatic nitrogens is 2. The third-order valence-electron chi connectivity index (χ3n) is 2.52. The van der Waals surface area contributed by atoms with Crippen LogP contribution in [-0.2, 0) is 6.18 Å². The highest BCUT2D eigenvalue weighted by molar-refractivity contribution is 7.99. The van der Waals surface area contributed by atoms with Crippen molar-refractivity contribution in [2.45, 2.75) is 25.0 Å². The van der Waals surface area contributed by atoms with Gasteiger partial charge in [0.05, 0.1) is 5.56 Å². The molecule has 0 radical (unpaired) electrons. The van der Waals surface area contributed by atoms with Crippen LogP contribution < -0.4 is 0 Å². The van der Waals surface area contributed by atoms with E-state index < -0.39 is 11.7 Å². The molecular weight excluding hydrogens is 277 g/mol. The number of nitrogens with zero attached hydrogens (tertiary/aromatic N) is 2. The average molecular weight is 288 g/mol. The molecule has 7 heteroatoms. The number of imidazole rings is 1. The Morgan fingerprint density at radius 2 is 2.16 bits per heavy atom. The highest BCUT2D eigenvalue weighted by Crippen LogP contribution is 2.31. The summed E-state index contributed by atoms with van der Waals surface area (Å²) in [5.41, 5.74) is -0.421. The largest absolute Gasteiger partial charge is 0.416 e. The molecule has 19 heavy (non-hydrogen) atoms. The molecule has 0 bridgehead atoms. The van der Waals surface area contributed by atoms with Crippen LogP contribution in [0, 0.1) is 0 Å². The normalized spacial score (nSPS) is 12.1. The molecule has 0 spiro atoms. The first kappa shape index (κ1) is 13.9. The Morgan fingerprint density at radius 1 is 1.47 bits per heavy atom. The van der Waals surface area contributed by atoms with E-state index in [0.29, 0.717) is 10.8 Å². The van der Waals surface area contributed by atoms with Gasteiger partial charge in [0.1, 0.15) is 16.4 Å². The molecule has 0 aromatic carbocycles. The second-order valence-corrected chi connectivity index (χ2v) is 5.15. The van der Waals surface area contributed by atoms with Crippen LogP contribution in [0.4, 0.5) is 13.2 Å². The molecule has 3 nitrogen and oxygen atoms in total. The number of pyridine rings is 1. The third-order valence-corrected chi connectivity index (χ3v) is 3.48. The van der Waals surface area contributed by atoms with E-state index in [1.54, 1.807) is 0 Å². The molecule has 0 fully saturated rings. The summed E-state index contributed by atoms with van der Waals surface area (Å²) in [5.74, 6) is 0.447. The fourth-order valence-electron chi connectivity index (χ4n) is 1.70. The summed E-state index contributed by atoms with van der Waals surface area (Å²) >= 11 is 1.38. The lowest BCUT2D eigenvalue weighted by atomic mass is 10.2. The van der Waals surface area contributed by atoms with Gasteiger partial charge < -0.3 is 0 Å². The lowest BCUT2D eigenvalue weighted by Crippen LogP contribution is -2.05. The van der Waals surface area contributed by atoms with Crippen LogP contribution in [0.5, 0.6) is 0 Å². The van der Waals surface area contributed by atoms with Gasteiger partial charge in [-0.2, -0.15) is 13.2 Å². The SMILES string of the molecule is CCSc1c(C(C)=O)nc2cc(C(F)(F)F)ccn12. The fraction of sp³-hybridized carbons (Fsp3) is 0.333. The first-order valence-corrected chi connectivity index (χ1v) is 6.56. The number of hydrogen-bond acceptors (Lipinski definition) is 3. The molecule has 2 rings (SSSR count). The Morgan fingerprint density at radius 3 is 2.68 bits per heavy atom. The standard InChI is InChI=1S/C12H11F3N2OS/c1-3-19-11-10(7(2)18)16-9-6-8(12(13,14)15)4-5-17(9)11/h4-6H,3H2,1-2H3. The van der Waals surface area contributed by atoms with Gasteiger partial charge in [-0.15, -0.1) is 11.8 Å². The Kier molecular flexibility index (Phi) is 3.58. The highest BCUT2D eigenvalue weighted by Gasteiger charge is 2.31. The second-order valence-electron chi connectivity index (χ2n) is 3.90. The molecule has 2 heterocycles. The number of Topliss-reactive ketones (excluding diaryl/α,β-unsaturated/α-hetero) is 1. The van der Waals surface area contributed by atoms with E-state index >= 15 is 0 Å². The van der Waals surface area contributed by atoms with Gasteiger partial charge >= 0.3 is 6.18 Å². The lowest BCUT2D eigenvalue weighted by Gasteiger charge is -2.07. The Hall–Kier alpha value is -1.50. The van der Waals surface area contributed by atoms with Gasteiger partial charge in [-0.25, -0.2) is 4.98 Å². The van der Waals surface area contributed by atoms with Crippen molar-refractivity contribution in [3.05, 3.63) is 29.6 Å². The van der Waals surface area contributed by atoms with E-state index in [1.807, 2.05) is 6.92 Å². The first-order chi connectivity index (χ1) is 8.84. The van der Waals surface area contributed by atoms with Gasteiger partial charge in [-0.1, -0.05) is 6.92 Å². The van der Waals surface area contributed by atoms with E-state index in [2.05, 4.69) is 4.98 Å². The van der Waals surface area contributed by atoms with Crippen molar-refractivity contribution in [2.24, 2.45) is 0 Å². The highest BCUT2D eigenvalue weighted by atomic mass is 32.2. The maximum absolute atomic E-state index is 12.6. The van der Waals surface area contributed by atoms with Crippen molar-refractivity contribution in [1.82, 2.24) is 9.38 Å². The third kappa shape index (κ3) is 2.60. The van der Waals surface area contributed by atoms with E-state index in [1.165, 1.54) is 29.3 Å². The van der Waals surface area contributed by atoms with Crippen molar-refractivity contribution >= 4 is 23.2 Å². The number of hydrogen-bond donors (Lipinski definition) is 0. The minimum Gasteiger partial charge on any atom is -0.294 e. The summed E-state index contributed by atoms with van der Waals surface area (Å²) in [4.78, 5) is 15.5. The maximum atomic E-state index is 12.6. The molecule has 0 amide bonds. The average Bonchev–Trinajstić information content (AvgIpc) is 2.67. The molecule has 0 unspecified atom stereocenters. The first-order valence-electron chi connectivity index (χ1n) is 5.57. The molecule has 2 aromatic heterocycles. The number of carbonyl (C=O) groups excluding carboxylic acids is 1. The smallest absolute Gasteiger partial charge is 0.294 e. The number of carbonyl (C=O) groups is 1. The Labute approximate surface area is 111 Å². The Bertz CT molecular complexity index is 634. The van der Waals surface area contributed by atoms with Crippen molar-refractivity contribution < 1.29 is 18.0 Å². The van der Waals surface area contributed by atoms with Crippen LogP contribution in [0.3, 0.4) is 0 Å². The second kappa shape index (κ2) is 4.88. The molecule has 0 saturated heterocycles. The summed E-state index contributed by atoms with van der Waals surface area (Å²) in [5, 5.41) is 0.582. The molecular formula is C12H11F3N2OS. The number of fused-ring (bicyclic) bond motifs is 1. The van der Waals surface area contributed by atoms with Crippen LogP contribution in [-0.4, -0.2) is 20.9 Å². The van der Waals surface area contributed by atoms with E-state index in [0.717, 1.165) is 12.1 Å². The number of alkyl halides is 3. The van der Waals surface area contributed by atoms with Gasteiger partial charge in [0.25, 0.3) is 0 Å². The van der Waals surface area contributed by atoms with E-state index in [9.17, 15) is 18.0 Å². The zero-order chi connectivity index (χ0) is 14.2. The van der Waals surface area contributed by atoms with Crippen molar-refractivity contribution in [3.63, 3.8) is 0 Å². The monoisotopic (exact) mass is 288 g/mol. The fourth-order valence-corrected chi connectivity index (χ4v) is 2.60. The molecule has 2 aromatic rings. The predicted octanol–water partition coefficient (Wildman–Crippen LogP) is 3.67. The quantitative estimate of drug-likeness (QED) is 0.638. The summed E-state index contributed by atoms with van der Waals surface area (Å²) in [6, 6.07) is 1.93. The number of rotatable bonds is 3. The van der Waals surface area contributed by atoms with Crippen LogP contribution in [0.1, 0.15) is 29.9 Å². The minimum atomic E-state index is -4.41. The van der Waals surface area contributed by atoms with E-state index in [4.69, 9.17) is 0 Å². The molecule has 0 aliphatic rings.